The number of amides is 1. The van der Waals surface area contributed by atoms with E-state index in [1.807, 2.05) is 32.0 Å². The largest absolute Gasteiger partial charge is 0.493 e. The van der Waals surface area contributed by atoms with Crippen LogP contribution >= 0.6 is 0 Å². The van der Waals surface area contributed by atoms with Crippen LogP contribution < -0.4 is 25.2 Å². The van der Waals surface area contributed by atoms with Crippen LogP contribution in [0.1, 0.15) is 23.1 Å². The van der Waals surface area contributed by atoms with E-state index in [-0.39, 0.29) is 18.7 Å². The van der Waals surface area contributed by atoms with E-state index in [2.05, 4.69) is 5.32 Å². The van der Waals surface area contributed by atoms with E-state index < -0.39 is 5.63 Å². The average molecular weight is 411 g/mol. The highest BCUT2D eigenvalue weighted by Crippen LogP contribution is 2.40. The lowest BCUT2D eigenvalue weighted by Gasteiger charge is -2.14. The Bertz CT molecular complexity index is 1120. The Morgan fingerprint density at radius 2 is 1.67 bits per heavy atom. The van der Waals surface area contributed by atoms with Gasteiger partial charge in [-0.3, -0.25) is 4.79 Å². The van der Waals surface area contributed by atoms with Gasteiger partial charge in [-0.1, -0.05) is 12.1 Å². The summed E-state index contributed by atoms with van der Waals surface area (Å²) in [6.45, 7) is 3.82. The molecule has 3 aromatic rings. The minimum atomic E-state index is -0.411. The first-order valence-corrected chi connectivity index (χ1v) is 9.50. The third-order valence-electron chi connectivity index (χ3n) is 4.99. The summed E-state index contributed by atoms with van der Waals surface area (Å²) < 4.78 is 21.3. The van der Waals surface area contributed by atoms with Gasteiger partial charge >= 0.3 is 5.63 Å². The van der Waals surface area contributed by atoms with Crippen LogP contribution in [0.2, 0.25) is 0 Å². The molecule has 1 N–H and O–H groups in total. The van der Waals surface area contributed by atoms with Crippen molar-refractivity contribution in [2.24, 2.45) is 0 Å². The van der Waals surface area contributed by atoms with Crippen LogP contribution in [0.3, 0.4) is 0 Å². The van der Waals surface area contributed by atoms with Gasteiger partial charge < -0.3 is 23.9 Å². The Hall–Kier alpha value is -3.48. The van der Waals surface area contributed by atoms with Gasteiger partial charge in [0.25, 0.3) is 0 Å². The van der Waals surface area contributed by atoms with Crippen molar-refractivity contribution in [1.82, 2.24) is 0 Å². The van der Waals surface area contributed by atoms with Crippen molar-refractivity contribution in [3.8, 4) is 17.2 Å². The molecule has 7 nitrogen and oxygen atoms in total. The SMILES string of the molecule is COc1cc(NC(=O)CCc2c(C)c3ccc(C)cc3oc2=O)cc(OC)c1OC. The van der Waals surface area contributed by atoms with Crippen molar-refractivity contribution in [1.29, 1.82) is 0 Å². The standard InChI is InChI=1S/C23H25NO6/c1-13-6-7-16-14(2)17(23(26)30-18(16)10-13)8-9-21(25)24-15-11-19(27-3)22(29-5)20(12-15)28-4/h6-7,10-12H,8-9H2,1-5H3,(H,24,25). The molecule has 0 spiro atoms. The first kappa shape index (κ1) is 21.2. The molecule has 0 saturated carbocycles. The number of rotatable bonds is 7. The lowest BCUT2D eigenvalue weighted by molar-refractivity contribution is -0.116. The molecule has 158 valence electrons. The van der Waals surface area contributed by atoms with Crippen molar-refractivity contribution in [2.45, 2.75) is 26.7 Å². The molecule has 0 saturated heterocycles. The zero-order chi connectivity index (χ0) is 21.8. The summed E-state index contributed by atoms with van der Waals surface area (Å²) in [6.07, 6.45) is 0.397. The van der Waals surface area contributed by atoms with E-state index in [0.29, 0.717) is 34.1 Å². The van der Waals surface area contributed by atoms with Gasteiger partial charge in [0.15, 0.2) is 11.5 Å². The monoisotopic (exact) mass is 411 g/mol. The van der Waals surface area contributed by atoms with Gasteiger partial charge in [0.2, 0.25) is 11.7 Å². The Morgan fingerprint density at radius 1 is 1.00 bits per heavy atom. The molecule has 0 aliphatic rings. The molecule has 1 aromatic heterocycles. The van der Waals surface area contributed by atoms with Crippen LogP contribution in [0.5, 0.6) is 17.2 Å². The van der Waals surface area contributed by atoms with Crippen molar-refractivity contribution in [3.63, 3.8) is 0 Å². The molecule has 1 amide bonds. The topological polar surface area (TPSA) is 87.0 Å². The molecule has 3 rings (SSSR count). The van der Waals surface area contributed by atoms with Crippen molar-refractivity contribution < 1.29 is 23.4 Å². The first-order chi connectivity index (χ1) is 14.4. The predicted molar refractivity (Wildman–Crippen MR) is 115 cm³/mol. The number of ether oxygens (including phenoxy) is 3. The fourth-order valence-electron chi connectivity index (χ4n) is 3.41. The highest BCUT2D eigenvalue weighted by molar-refractivity contribution is 5.92. The number of carbonyl (C=O) groups is 1. The fourth-order valence-corrected chi connectivity index (χ4v) is 3.41. The number of hydrogen-bond donors (Lipinski definition) is 1. The number of fused-ring (bicyclic) bond motifs is 1. The third kappa shape index (κ3) is 4.25. The van der Waals surface area contributed by atoms with Gasteiger partial charge in [0.05, 0.1) is 21.3 Å². The van der Waals surface area contributed by atoms with Gasteiger partial charge in [-0.2, -0.15) is 0 Å². The number of hydrogen-bond acceptors (Lipinski definition) is 6. The van der Waals surface area contributed by atoms with E-state index >= 15 is 0 Å². The molecule has 0 aliphatic heterocycles. The smallest absolute Gasteiger partial charge is 0.339 e. The zero-order valence-electron chi connectivity index (χ0n) is 17.8. The van der Waals surface area contributed by atoms with Gasteiger partial charge in [-0.15, -0.1) is 0 Å². The maximum atomic E-state index is 12.5. The van der Waals surface area contributed by atoms with E-state index in [1.165, 1.54) is 21.3 Å². The van der Waals surface area contributed by atoms with Crippen LogP contribution in [-0.2, 0) is 11.2 Å². The second-order valence-electron chi connectivity index (χ2n) is 6.95. The summed E-state index contributed by atoms with van der Waals surface area (Å²) in [5.74, 6) is 1.08. The van der Waals surface area contributed by atoms with Crippen LogP contribution in [0.15, 0.2) is 39.5 Å². The van der Waals surface area contributed by atoms with E-state index in [4.69, 9.17) is 18.6 Å². The lowest BCUT2D eigenvalue weighted by atomic mass is 10.0. The third-order valence-corrected chi connectivity index (χ3v) is 4.99. The number of aryl methyl sites for hydroxylation is 2. The van der Waals surface area contributed by atoms with Gasteiger partial charge in [-0.25, -0.2) is 4.79 Å². The molecular formula is C23H25NO6. The van der Waals surface area contributed by atoms with Crippen LogP contribution in [-0.4, -0.2) is 27.2 Å². The fraction of sp³-hybridized carbons (Fsp3) is 0.304. The molecular weight excluding hydrogens is 386 g/mol. The van der Waals surface area contributed by atoms with Gasteiger partial charge in [-0.05, 0) is 37.5 Å². The molecule has 1 heterocycles. The summed E-state index contributed by atoms with van der Waals surface area (Å²) >= 11 is 0. The maximum absolute atomic E-state index is 12.5. The zero-order valence-corrected chi connectivity index (χ0v) is 17.8. The molecule has 0 bridgehead atoms. The Kier molecular flexibility index (Phi) is 6.30. The van der Waals surface area contributed by atoms with Crippen LogP contribution in [0.25, 0.3) is 11.0 Å². The van der Waals surface area contributed by atoms with E-state index in [0.717, 1.165) is 16.5 Å². The van der Waals surface area contributed by atoms with Crippen LogP contribution in [0.4, 0.5) is 5.69 Å². The Balaban J connectivity index is 1.78. The summed E-state index contributed by atoms with van der Waals surface area (Å²) in [6, 6.07) is 9.04. The summed E-state index contributed by atoms with van der Waals surface area (Å²) in [7, 11) is 4.52. The predicted octanol–water partition coefficient (Wildman–Crippen LogP) is 4.01. The van der Waals surface area contributed by atoms with Crippen molar-refractivity contribution in [2.75, 3.05) is 26.6 Å². The number of methoxy groups -OCH3 is 3. The quantitative estimate of drug-likeness (QED) is 0.591. The van der Waals surface area contributed by atoms with Gasteiger partial charge in [0.1, 0.15) is 5.58 Å². The Morgan fingerprint density at radius 3 is 2.27 bits per heavy atom. The molecule has 0 aliphatic carbocycles. The molecule has 0 atom stereocenters. The number of anilines is 1. The average Bonchev–Trinajstić information content (AvgIpc) is 2.72. The summed E-state index contributed by atoms with van der Waals surface area (Å²) in [5.41, 5.74) is 3.01. The normalized spacial score (nSPS) is 10.7. The second-order valence-corrected chi connectivity index (χ2v) is 6.95. The minimum Gasteiger partial charge on any atom is -0.493 e. The number of nitrogens with one attached hydrogen (secondary N) is 1. The molecule has 0 unspecified atom stereocenters. The molecule has 0 radical (unpaired) electrons. The first-order valence-electron chi connectivity index (χ1n) is 9.50. The Labute approximate surface area is 174 Å². The van der Waals surface area contributed by atoms with Crippen molar-refractivity contribution >= 4 is 22.6 Å². The molecule has 7 heteroatoms. The van der Waals surface area contributed by atoms with E-state index in [9.17, 15) is 9.59 Å². The lowest BCUT2D eigenvalue weighted by Crippen LogP contribution is -2.16. The number of benzene rings is 2. The summed E-state index contributed by atoms with van der Waals surface area (Å²) in [4.78, 5) is 24.9. The second kappa shape index (κ2) is 8.90. The van der Waals surface area contributed by atoms with Crippen LogP contribution in [0, 0.1) is 13.8 Å². The molecule has 0 fully saturated rings. The van der Waals surface area contributed by atoms with E-state index in [1.54, 1.807) is 12.1 Å². The summed E-state index contributed by atoms with van der Waals surface area (Å²) in [5, 5.41) is 3.68. The highest BCUT2D eigenvalue weighted by atomic mass is 16.5. The number of carbonyl (C=O) groups excluding carboxylic acids is 1. The highest BCUT2D eigenvalue weighted by Gasteiger charge is 2.16. The minimum absolute atomic E-state index is 0.125. The maximum Gasteiger partial charge on any atom is 0.339 e. The van der Waals surface area contributed by atoms with Crippen molar-refractivity contribution in [3.05, 3.63) is 57.4 Å². The molecule has 30 heavy (non-hydrogen) atoms. The van der Waals surface area contributed by atoms with Gasteiger partial charge in [0, 0.05) is 35.2 Å². The molecule has 2 aromatic carbocycles.